The first-order valence-corrected chi connectivity index (χ1v) is 17.7. The summed E-state index contributed by atoms with van der Waals surface area (Å²) in [5, 5.41) is 7.55. The van der Waals surface area contributed by atoms with Gasteiger partial charge in [-0.3, -0.25) is 0 Å². The van der Waals surface area contributed by atoms with Crippen molar-refractivity contribution in [3.05, 3.63) is 215 Å². The van der Waals surface area contributed by atoms with Crippen molar-refractivity contribution in [3.63, 3.8) is 0 Å². The molecule has 50 heavy (non-hydrogen) atoms. The quantitative estimate of drug-likeness (QED) is 0.0839. The summed E-state index contributed by atoms with van der Waals surface area (Å²) in [7, 11) is -4.99. The molecule has 0 spiro atoms. The largest absolute Gasteiger partial charge is 0.301 e. The van der Waals surface area contributed by atoms with Crippen molar-refractivity contribution in [2.75, 3.05) is 0 Å². The minimum absolute atomic E-state index is 0. The van der Waals surface area contributed by atoms with Crippen molar-refractivity contribution in [1.82, 2.24) is 4.17 Å². The number of nitrogens with zero attached hydrogens (tertiary/aromatic N) is 1. The molecular weight excluding hydrogens is 700 g/mol. The van der Waals surface area contributed by atoms with Crippen molar-refractivity contribution in [1.29, 1.82) is 0 Å². The Morgan fingerprint density at radius 1 is 0.260 bits per heavy atom. The molecule has 6 aromatic rings. The molecule has 9 heteroatoms. The van der Waals surface area contributed by atoms with Crippen LogP contribution in [0.25, 0.3) is 0 Å². The zero-order valence-electron chi connectivity index (χ0n) is 26.6. The van der Waals surface area contributed by atoms with Crippen LogP contribution in [0.2, 0.25) is 0 Å². The third-order valence-corrected chi connectivity index (χ3v) is 15.5. The fourth-order valence-corrected chi connectivity index (χ4v) is 14.8. The number of hydrogen-bond donors (Lipinski definition) is 0. The minimum atomic E-state index is -2.50. The molecule has 6 aromatic carbocycles. The van der Waals surface area contributed by atoms with E-state index in [4.69, 9.17) is 27.4 Å². The molecule has 0 N–H and O–H groups in total. The Morgan fingerprint density at radius 2 is 0.380 bits per heavy atom. The maximum atomic E-state index is 7.50. The second kappa shape index (κ2) is 26.0. The molecule has 0 bridgehead atoms. The van der Waals surface area contributed by atoms with E-state index in [2.05, 4.69) is 215 Å². The van der Waals surface area contributed by atoms with Crippen molar-refractivity contribution in [2.45, 2.75) is 0 Å². The molecule has 0 atom stereocenters. The van der Waals surface area contributed by atoms with E-state index in [1.807, 2.05) is 0 Å². The van der Waals surface area contributed by atoms with Gasteiger partial charge in [0.05, 0.1) is 31.8 Å². The Bertz CT molecular complexity index is 1650. The van der Waals surface area contributed by atoms with Crippen LogP contribution in [0, 0.1) is 33.3 Å². The normalized spacial score (nSPS) is 9.16. The van der Waals surface area contributed by atoms with Crippen LogP contribution in [0.5, 0.6) is 0 Å². The molecule has 6 nitrogen and oxygen atoms in total. The second-order valence-electron chi connectivity index (χ2n) is 9.37. The van der Waals surface area contributed by atoms with E-state index in [9.17, 15) is 0 Å². The predicted molar refractivity (Wildman–Crippen MR) is 192 cm³/mol. The second-order valence-corrected chi connectivity index (χ2v) is 15.7. The molecule has 0 aliphatic heterocycles. The molecule has 0 saturated heterocycles. The van der Waals surface area contributed by atoms with Crippen LogP contribution in [0.4, 0.5) is 0 Å². The zero-order valence-corrected chi connectivity index (χ0v) is 29.7. The Morgan fingerprint density at radius 3 is 0.500 bits per heavy atom. The van der Waals surface area contributed by atoms with Crippen molar-refractivity contribution in [3.8, 4) is 0 Å². The van der Waals surface area contributed by atoms with Crippen LogP contribution < -0.4 is 36.0 Å². The Kier molecular flexibility index (Phi) is 23.5. The van der Waals surface area contributed by atoms with Gasteiger partial charge in [-0.15, -0.1) is 4.17 Å². The molecule has 0 fully saturated rings. The summed E-state index contributed by atoms with van der Waals surface area (Å²) in [5.41, 5.74) is 0. The van der Waals surface area contributed by atoms with E-state index in [0.29, 0.717) is 0 Å². The standard InChI is InChI=1S/C36H30NP2.5CO.Cr/c1-7-19-31(20-8-1)38(32-21-9-2-10-22-32,33-23-11-3-12-24-33)37-39(34-25-13-4-14-26-34,35-27-15-5-16-28-35)36-29-17-6-18-30-36;5*1-2;/h1-30H;;;;;;/q+1;;;;;;. The van der Waals surface area contributed by atoms with Gasteiger partial charge in [-0.05, 0) is 72.8 Å². The third kappa shape index (κ3) is 10.6. The smallest absolute Gasteiger partial charge is 0.148 e. The molecule has 0 heterocycles. The summed E-state index contributed by atoms with van der Waals surface area (Å²) in [6, 6.07) is 65.7. The molecule has 0 saturated carbocycles. The molecule has 0 amide bonds. The van der Waals surface area contributed by atoms with Crippen LogP contribution in [0.15, 0.2) is 182 Å². The van der Waals surface area contributed by atoms with Gasteiger partial charge in [0, 0.05) is 17.4 Å². The third-order valence-electron chi connectivity index (χ3n) is 7.05. The van der Waals surface area contributed by atoms with Crippen LogP contribution in [-0.4, -0.2) is 0 Å². The molecule has 244 valence electrons. The first-order valence-electron chi connectivity index (χ1n) is 14.2. The maximum Gasteiger partial charge on any atom is 0.301 e. The van der Waals surface area contributed by atoms with Crippen LogP contribution in [-0.2, 0) is 40.6 Å². The first kappa shape index (κ1) is 45.1. The predicted octanol–water partition coefficient (Wildman–Crippen LogP) is 6.22. The van der Waals surface area contributed by atoms with Gasteiger partial charge >= 0.3 is 70.6 Å². The average molecular weight is 731 g/mol. The molecular formula is C41H30CrNO5P2+. The molecule has 0 unspecified atom stereocenters. The fourth-order valence-electron chi connectivity index (χ4n) is 5.27. The van der Waals surface area contributed by atoms with Gasteiger partial charge in [0.15, 0.2) is 0 Å². The minimum Gasteiger partial charge on any atom is -0.148 e. The summed E-state index contributed by atoms with van der Waals surface area (Å²) in [5.74, 6) is 0. The van der Waals surface area contributed by atoms with Gasteiger partial charge in [0.2, 0.25) is 0 Å². The maximum absolute atomic E-state index is 7.50. The SMILES string of the molecule is [C-]#[O+].[C-]#[O+].[C-]#[O+].[C-]#[O+].[C-]#[O+].[Cr].c1ccc(P(=[N+]=P(c2ccccc2)(c2ccccc2)c2ccccc2)(c2ccccc2)c2ccccc2)cc1. The summed E-state index contributed by atoms with van der Waals surface area (Å²) in [4.78, 5) is 0. The van der Waals surface area contributed by atoms with E-state index in [0.717, 1.165) is 0 Å². The van der Waals surface area contributed by atoms with Gasteiger partial charge in [0.1, 0.15) is 0 Å². The number of rotatable bonds is 6. The van der Waals surface area contributed by atoms with Crippen molar-refractivity contribution in [2.24, 2.45) is 0 Å². The Labute approximate surface area is 304 Å². The average Bonchev–Trinajstić information content (AvgIpc) is 3.24. The monoisotopic (exact) mass is 730 g/mol. The first-order chi connectivity index (χ1) is 24.3. The Hall–Kier alpha value is -4.88. The van der Waals surface area contributed by atoms with Crippen molar-refractivity contribution >= 4 is 45.9 Å². The molecule has 6 rings (SSSR count). The van der Waals surface area contributed by atoms with Gasteiger partial charge < -0.3 is 0 Å². The van der Waals surface area contributed by atoms with Crippen molar-refractivity contribution < 1.29 is 40.6 Å². The summed E-state index contributed by atoms with van der Waals surface area (Å²) < 4.78 is 43.9. The summed E-state index contributed by atoms with van der Waals surface area (Å²) in [6.07, 6.45) is 0. The molecule has 0 radical (unpaired) electrons. The van der Waals surface area contributed by atoms with Crippen LogP contribution >= 0.6 is 14.1 Å². The van der Waals surface area contributed by atoms with E-state index in [1.54, 1.807) is 0 Å². The van der Waals surface area contributed by atoms with Gasteiger partial charge in [0.25, 0.3) is 0 Å². The van der Waals surface area contributed by atoms with Gasteiger partial charge in [-0.25, -0.2) is 0 Å². The summed E-state index contributed by atoms with van der Waals surface area (Å²) in [6.45, 7) is 22.5. The van der Waals surface area contributed by atoms with Crippen LogP contribution in [0.1, 0.15) is 0 Å². The topological polar surface area (TPSA) is 114 Å². The van der Waals surface area contributed by atoms with E-state index in [-0.39, 0.29) is 17.4 Å². The van der Waals surface area contributed by atoms with E-state index in [1.165, 1.54) is 31.8 Å². The molecule has 0 aromatic heterocycles. The van der Waals surface area contributed by atoms with Crippen LogP contribution in [0.3, 0.4) is 0 Å². The number of hydrogen-bond acceptors (Lipinski definition) is 0. The fraction of sp³-hybridized carbons (Fsp3) is 0. The van der Waals surface area contributed by atoms with E-state index < -0.39 is 14.1 Å². The molecule has 0 aliphatic carbocycles. The van der Waals surface area contributed by atoms with E-state index >= 15 is 0 Å². The number of benzene rings is 6. The van der Waals surface area contributed by atoms with Gasteiger partial charge in [-0.2, -0.15) is 0 Å². The Balaban J connectivity index is 0.00000201. The zero-order chi connectivity index (χ0) is 36.4. The molecule has 0 aliphatic rings. The summed E-state index contributed by atoms with van der Waals surface area (Å²) >= 11 is 0. The van der Waals surface area contributed by atoms with Gasteiger partial charge in [-0.1, -0.05) is 109 Å².